The summed E-state index contributed by atoms with van der Waals surface area (Å²) >= 11 is 0. The molecule has 2 unspecified atom stereocenters. The van der Waals surface area contributed by atoms with Crippen molar-refractivity contribution >= 4 is 5.69 Å². The monoisotopic (exact) mass is 263 g/mol. The highest BCUT2D eigenvalue weighted by molar-refractivity contribution is 5.33. The number of nitrogens with two attached hydrogens (primary N) is 1. The smallest absolute Gasteiger partial charge is 0.250 e. The van der Waals surface area contributed by atoms with Gasteiger partial charge in [-0.2, -0.15) is 0 Å². The molecule has 0 spiro atoms. The fourth-order valence-electron chi connectivity index (χ4n) is 3.11. The molecule has 1 fully saturated rings. The fourth-order valence-corrected chi connectivity index (χ4v) is 3.11. The molecular formula is C15H25N3O. The Balaban J connectivity index is 1.89. The summed E-state index contributed by atoms with van der Waals surface area (Å²) < 4.78 is 1.72. The second-order valence-electron chi connectivity index (χ2n) is 5.57. The molecule has 19 heavy (non-hydrogen) atoms. The summed E-state index contributed by atoms with van der Waals surface area (Å²) in [5, 5.41) is 0. The second kappa shape index (κ2) is 6.24. The van der Waals surface area contributed by atoms with Gasteiger partial charge in [-0.05, 0) is 38.7 Å². The van der Waals surface area contributed by atoms with Crippen molar-refractivity contribution in [2.24, 2.45) is 0 Å². The molecule has 106 valence electrons. The first-order valence-corrected chi connectivity index (χ1v) is 7.33. The lowest BCUT2D eigenvalue weighted by atomic mass is 10.1. The van der Waals surface area contributed by atoms with Crippen LogP contribution in [0.5, 0.6) is 0 Å². The quantitative estimate of drug-likeness (QED) is 0.885. The maximum atomic E-state index is 11.7. The number of anilines is 1. The Morgan fingerprint density at radius 1 is 1.32 bits per heavy atom. The molecule has 0 saturated carbocycles. The van der Waals surface area contributed by atoms with Crippen LogP contribution in [0.15, 0.2) is 23.1 Å². The lowest BCUT2D eigenvalue weighted by Crippen LogP contribution is -2.35. The number of nitrogens with zero attached hydrogens (tertiary/aromatic N) is 2. The predicted octanol–water partition coefficient (Wildman–Crippen LogP) is 2.08. The zero-order valence-electron chi connectivity index (χ0n) is 12.0. The van der Waals surface area contributed by atoms with Crippen LogP contribution in [0.1, 0.15) is 39.5 Å². The number of aromatic nitrogens is 1. The Labute approximate surface area is 115 Å². The Hall–Kier alpha value is -1.29. The summed E-state index contributed by atoms with van der Waals surface area (Å²) in [6, 6.07) is 4.62. The van der Waals surface area contributed by atoms with Crippen LogP contribution < -0.4 is 11.3 Å². The Morgan fingerprint density at radius 3 is 2.84 bits per heavy atom. The molecular weight excluding hydrogens is 238 g/mol. The van der Waals surface area contributed by atoms with Gasteiger partial charge in [0.1, 0.15) is 0 Å². The van der Waals surface area contributed by atoms with Gasteiger partial charge in [0.15, 0.2) is 0 Å². The Kier molecular flexibility index (Phi) is 4.64. The minimum absolute atomic E-state index is 0.0377. The van der Waals surface area contributed by atoms with Gasteiger partial charge in [-0.3, -0.25) is 9.69 Å². The molecule has 0 amide bonds. The minimum atomic E-state index is 0.0377. The summed E-state index contributed by atoms with van der Waals surface area (Å²) in [6.07, 6.45) is 6.59. The van der Waals surface area contributed by atoms with Crippen molar-refractivity contribution in [2.45, 2.75) is 58.2 Å². The first-order chi connectivity index (χ1) is 9.11. The minimum Gasteiger partial charge on any atom is -0.398 e. The van der Waals surface area contributed by atoms with Crippen LogP contribution >= 0.6 is 0 Å². The molecule has 1 aliphatic rings. The van der Waals surface area contributed by atoms with E-state index in [-0.39, 0.29) is 5.56 Å². The molecule has 0 aliphatic carbocycles. The fraction of sp³-hybridized carbons (Fsp3) is 0.667. The molecule has 1 aromatic heterocycles. The van der Waals surface area contributed by atoms with E-state index in [0.717, 1.165) is 25.6 Å². The van der Waals surface area contributed by atoms with Crippen molar-refractivity contribution in [3.8, 4) is 0 Å². The van der Waals surface area contributed by atoms with E-state index in [9.17, 15) is 4.79 Å². The zero-order chi connectivity index (χ0) is 13.8. The number of rotatable bonds is 5. The average Bonchev–Trinajstić information content (AvgIpc) is 2.75. The number of hydrogen-bond acceptors (Lipinski definition) is 3. The van der Waals surface area contributed by atoms with Gasteiger partial charge >= 0.3 is 0 Å². The van der Waals surface area contributed by atoms with Crippen LogP contribution in [0.25, 0.3) is 0 Å². The van der Waals surface area contributed by atoms with Gasteiger partial charge in [0.2, 0.25) is 0 Å². The van der Waals surface area contributed by atoms with E-state index in [1.807, 2.05) is 0 Å². The molecule has 2 rings (SSSR count). The molecule has 4 heteroatoms. The maximum Gasteiger partial charge on any atom is 0.250 e. The average molecular weight is 263 g/mol. The molecule has 0 radical (unpaired) electrons. The molecule has 1 saturated heterocycles. The van der Waals surface area contributed by atoms with Crippen LogP contribution in [0.4, 0.5) is 5.69 Å². The van der Waals surface area contributed by atoms with Crippen molar-refractivity contribution in [3.63, 3.8) is 0 Å². The lowest BCUT2D eigenvalue weighted by molar-refractivity contribution is 0.193. The topological polar surface area (TPSA) is 51.3 Å². The van der Waals surface area contributed by atoms with E-state index in [1.54, 1.807) is 22.9 Å². The van der Waals surface area contributed by atoms with Crippen LogP contribution in [0.3, 0.4) is 0 Å². The van der Waals surface area contributed by atoms with Crippen molar-refractivity contribution in [3.05, 3.63) is 28.7 Å². The van der Waals surface area contributed by atoms with E-state index in [1.165, 1.54) is 19.3 Å². The van der Waals surface area contributed by atoms with Gasteiger partial charge in [-0.15, -0.1) is 0 Å². The van der Waals surface area contributed by atoms with Crippen molar-refractivity contribution in [1.29, 1.82) is 0 Å². The normalized spacial score (nSPS) is 23.9. The van der Waals surface area contributed by atoms with Crippen LogP contribution in [-0.2, 0) is 6.54 Å². The van der Waals surface area contributed by atoms with Gasteiger partial charge in [0, 0.05) is 43.1 Å². The van der Waals surface area contributed by atoms with E-state index in [0.29, 0.717) is 11.7 Å². The predicted molar refractivity (Wildman–Crippen MR) is 79.2 cm³/mol. The molecule has 1 aromatic rings. The Bertz CT molecular complexity index is 469. The molecule has 1 aliphatic heterocycles. The van der Waals surface area contributed by atoms with E-state index < -0.39 is 0 Å². The molecule has 4 nitrogen and oxygen atoms in total. The standard InChI is InChI=1S/C15H25N3O/c1-3-14-7-5-12(2)18(14)10-4-9-17-11-13(16)6-8-15(17)19/h6,8,11-12,14H,3-5,7,9-10,16H2,1-2H3. The second-order valence-corrected chi connectivity index (χ2v) is 5.57. The number of aryl methyl sites for hydroxylation is 1. The van der Waals surface area contributed by atoms with Crippen molar-refractivity contribution in [1.82, 2.24) is 9.47 Å². The van der Waals surface area contributed by atoms with E-state index in [4.69, 9.17) is 5.73 Å². The first-order valence-electron chi connectivity index (χ1n) is 7.33. The van der Waals surface area contributed by atoms with Crippen molar-refractivity contribution in [2.75, 3.05) is 12.3 Å². The summed E-state index contributed by atoms with van der Waals surface area (Å²) in [5.74, 6) is 0. The van der Waals surface area contributed by atoms with Gasteiger partial charge in [-0.25, -0.2) is 0 Å². The third-order valence-electron chi connectivity index (χ3n) is 4.25. The molecule has 0 aromatic carbocycles. The zero-order valence-corrected chi connectivity index (χ0v) is 12.0. The summed E-state index contributed by atoms with van der Waals surface area (Å²) in [5.41, 5.74) is 6.41. The van der Waals surface area contributed by atoms with Crippen LogP contribution in [-0.4, -0.2) is 28.1 Å². The van der Waals surface area contributed by atoms with E-state index >= 15 is 0 Å². The lowest BCUT2D eigenvalue weighted by Gasteiger charge is -2.27. The maximum absolute atomic E-state index is 11.7. The molecule has 2 heterocycles. The number of likely N-dealkylation sites (tertiary alicyclic amines) is 1. The summed E-state index contributed by atoms with van der Waals surface area (Å²) in [6.45, 7) is 6.39. The molecule has 0 bridgehead atoms. The molecule has 2 atom stereocenters. The SMILES string of the molecule is CCC1CCC(C)N1CCCn1cc(N)ccc1=O. The Morgan fingerprint density at radius 2 is 2.11 bits per heavy atom. The van der Waals surface area contributed by atoms with Crippen LogP contribution in [0.2, 0.25) is 0 Å². The highest BCUT2D eigenvalue weighted by Crippen LogP contribution is 2.25. The third kappa shape index (κ3) is 3.38. The van der Waals surface area contributed by atoms with Crippen molar-refractivity contribution < 1.29 is 0 Å². The van der Waals surface area contributed by atoms with Crippen LogP contribution in [0, 0.1) is 0 Å². The third-order valence-corrected chi connectivity index (χ3v) is 4.25. The van der Waals surface area contributed by atoms with Gasteiger partial charge in [-0.1, -0.05) is 6.92 Å². The van der Waals surface area contributed by atoms with E-state index in [2.05, 4.69) is 18.7 Å². The summed E-state index contributed by atoms with van der Waals surface area (Å²) in [4.78, 5) is 14.3. The largest absolute Gasteiger partial charge is 0.398 e. The number of pyridine rings is 1. The van der Waals surface area contributed by atoms with Gasteiger partial charge in [0.05, 0.1) is 0 Å². The van der Waals surface area contributed by atoms with Gasteiger partial charge in [0.25, 0.3) is 5.56 Å². The highest BCUT2D eigenvalue weighted by Gasteiger charge is 2.28. The number of nitrogen functional groups attached to an aromatic ring is 1. The highest BCUT2D eigenvalue weighted by atomic mass is 16.1. The number of hydrogen-bond donors (Lipinski definition) is 1. The van der Waals surface area contributed by atoms with Gasteiger partial charge < -0.3 is 10.3 Å². The first kappa shape index (κ1) is 14.1. The molecule has 2 N–H and O–H groups in total. The summed E-state index contributed by atoms with van der Waals surface area (Å²) in [7, 11) is 0.